The molecular formula is C22H23NO6. The molecule has 2 aromatic carbocycles. The number of carbonyl (C=O) groups excluding carboxylic acids is 2. The highest BCUT2D eigenvalue weighted by Crippen LogP contribution is 2.25. The third-order valence-electron chi connectivity index (χ3n) is 4.47. The molecule has 152 valence electrons. The van der Waals surface area contributed by atoms with Crippen LogP contribution >= 0.6 is 0 Å². The number of allylic oxidation sites excluding steroid dienone is 1. The molecule has 0 bridgehead atoms. The number of methoxy groups -OCH3 is 2. The summed E-state index contributed by atoms with van der Waals surface area (Å²) < 4.78 is 21.1. The van der Waals surface area contributed by atoms with Crippen molar-refractivity contribution in [2.45, 2.75) is 0 Å². The van der Waals surface area contributed by atoms with E-state index in [2.05, 4.69) is 0 Å². The largest absolute Gasteiger partial charge is 0.497 e. The second kappa shape index (κ2) is 9.75. The van der Waals surface area contributed by atoms with E-state index in [4.69, 9.17) is 18.9 Å². The van der Waals surface area contributed by atoms with E-state index in [0.717, 1.165) is 5.56 Å². The van der Waals surface area contributed by atoms with Gasteiger partial charge in [0.05, 0.1) is 27.4 Å². The molecule has 7 heteroatoms. The van der Waals surface area contributed by atoms with Crippen LogP contribution in [-0.2, 0) is 4.74 Å². The second-order valence-corrected chi connectivity index (χ2v) is 6.30. The Morgan fingerprint density at radius 3 is 2.31 bits per heavy atom. The first-order chi connectivity index (χ1) is 14.1. The maximum absolute atomic E-state index is 12.4. The van der Waals surface area contributed by atoms with Crippen molar-refractivity contribution in [1.82, 2.24) is 4.90 Å². The number of amides is 1. The maximum Gasteiger partial charge on any atom is 0.415 e. The van der Waals surface area contributed by atoms with E-state index in [9.17, 15) is 9.59 Å². The van der Waals surface area contributed by atoms with Crippen molar-refractivity contribution in [2.75, 3.05) is 40.5 Å². The fourth-order valence-electron chi connectivity index (χ4n) is 2.82. The van der Waals surface area contributed by atoms with Crippen LogP contribution in [0.3, 0.4) is 0 Å². The van der Waals surface area contributed by atoms with Crippen LogP contribution in [0, 0.1) is 0 Å². The number of nitrogens with zero attached hydrogens (tertiary/aromatic N) is 1. The number of hydrogen-bond acceptors (Lipinski definition) is 6. The molecule has 7 nitrogen and oxygen atoms in total. The molecule has 3 rings (SSSR count). The molecule has 0 aliphatic carbocycles. The highest BCUT2D eigenvalue weighted by atomic mass is 16.6. The molecule has 29 heavy (non-hydrogen) atoms. The van der Waals surface area contributed by atoms with Gasteiger partial charge in [0.2, 0.25) is 0 Å². The summed E-state index contributed by atoms with van der Waals surface area (Å²) in [5.41, 5.74) is 1.25. The molecule has 1 fully saturated rings. The first-order valence-corrected chi connectivity index (χ1v) is 9.19. The van der Waals surface area contributed by atoms with E-state index in [1.54, 1.807) is 61.6 Å². The van der Waals surface area contributed by atoms with Gasteiger partial charge in [-0.15, -0.1) is 0 Å². The van der Waals surface area contributed by atoms with Gasteiger partial charge >= 0.3 is 6.09 Å². The van der Waals surface area contributed by atoms with Gasteiger partial charge < -0.3 is 23.8 Å². The van der Waals surface area contributed by atoms with Gasteiger partial charge in [-0.25, -0.2) is 4.79 Å². The number of rotatable bonds is 6. The number of carbonyl (C=O) groups is 2. The highest BCUT2D eigenvalue weighted by Gasteiger charge is 2.18. The van der Waals surface area contributed by atoms with Crippen LogP contribution in [0.1, 0.15) is 15.9 Å². The highest BCUT2D eigenvalue weighted by molar-refractivity contribution is 6.07. The van der Waals surface area contributed by atoms with Gasteiger partial charge in [-0.05, 0) is 48.6 Å². The van der Waals surface area contributed by atoms with Gasteiger partial charge in [-0.2, -0.15) is 0 Å². The normalized spacial score (nSPS) is 13.9. The van der Waals surface area contributed by atoms with Crippen molar-refractivity contribution < 1.29 is 28.5 Å². The van der Waals surface area contributed by atoms with Gasteiger partial charge in [0, 0.05) is 30.3 Å². The van der Waals surface area contributed by atoms with E-state index >= 15 is 0 Å². The lowest BCUT2D eigenvalue weighted by Gasteiger charge is -2.25. The Bertz CT molecular complexity index is 885. The Hall–Kier alpha value is -3.32. The molecule has 1 heterocycles. The zero-order valence-electron chi connectivity index (χ0n) is 16.4. The average molecular weight is 397 g/mol. The smallest absolute Gasteiger partial charge is 0.415 e. The van der Waals surface area contributed by atoms with Crippen molar-refractivity contribution in [2.24, 2.45) is 0 Å². The van der Waals surface area contributed by atoms with Crippen LogP contribution in [0.2, 0.25) is 0 Å². The van der Waals surface area contributed by atoms with E-state index < -0.39 is 6.09 Å². The number of hydrogen-bond donors (Lipinski definition) is 0. The van der Waals surface area contributed by atoms with E-state index in [-0.39, 0.29) is 5.78 Å². The number of morpholine rings is 1. The predicted molar refractivity (Wildman–Crippen MR) is 108 cm³/mol. The van der Waals surface area contributed by atoms with Crippen LogP contribution in [0.5, 0.6) is 17.2 Å². The van der Waals surface area contributed by atoms with Crippen molar-refractivity contribution in [3.8, 4) is 17.2 Å². The summed E-state index contributed by atoms with van der Waals surface area (Å²) in [5, 5.41) is 0. The fourth-order valence-corrected chi connectivity index (χ4v) is 2.82. The van der Waals surface area contributed by atoms with Gasteiger partial charge in [0.15, 0.2) is 5.78 Å². The zero-order valence-corrected chi connectivity index (χ0v) is 16.4. The van der Waals surface area contributed by atoms with Crippen molar-refractivity contribution in [3.05, 3.63) is 59.7 Å². The van der Waals surface area contributed by atoms with Gasteiger partial charge in [0.25, 0.3) is 0 Å². The quantitative estimate of drug-likeness (QED) is 0.549. The molecule has 0 atom stereocenters. The van der Waals surface area contributed by atoms with Crippen LogP contribution in [0.15, 0.2) is 48.5 Å². The average Bonchev–Trinajstić information content (AvgIpc) is 2.78. The van der Waals surface area contributed by atoms with Crippen molar-refractivity contribution >= 4 is 18.0 Å². The summed E-state index contributed by atoms with van der Waals surface area (Å²) in [6.07, 6.45) is 2.74. The Balaban J connectivity index is 1.63. The monoisotopic (exact) mass is 397 g/mol. The Kier molecular flexibility index (Phi) is 6.86. The SMILES string of the molecule is COc1ccc(/C=C/C(=O)c2ccc(OC(=O)N3CCOCC3)cc2)c(OC)c1. The summed E-state index contributed by atoms with van der Waals surface area (Å²) >= 11 is 0. The Morgan fingerprint density at radius 1 is 0.966 bits per heavy atom. The number of ether oxygens (including phenoxy) is 4. The van der Waals surface area contributed by atoms with Crippen LogP contribution in [0.25, 0.3) is 6.08 Å². The molecule has 0 N–H and O–H groups in total. The molecule has 1 aliphatic rings. The minimum Gasteiger partial charge on any atom is -0.497 e. The topological polar surface area (TPSA) is 74.3 Å². The number of benzene rings is 2. The summed E-state index contributed by atoms with van der Waals surface area (Å²) in [7, 11) is 3.14. The molecule has 1 saturated heterocycles. The minimum absolute atomic E-state index is 0.172. The summed E-state index contributed by atoms with van der Waals surface area (Å²) in [5.74, 6) is 1.50. The maximum atomic E-state index is 12.4. The Morgan fingerprint density at radius 2 is 1.66 bits per heavy atom. The molecular weight excluding hydrogens is 374 g/mol. The van der Waals surface area contributed by atoms with E-state index in [1.165, 1.54) is 6.08 Å². The molecule has 1 aliphatic heterocycles. The number of ketones is 1. The molecule has 2 aromatic rings. The molecule has 1 amide bonds. The van der Waals surface area contributed by atoms with E-state index in [1.807, 2.05) is 6.07 Å². The first kappa shape index (κ1) is 20.4. The van der Waals surface area contributed by atoms with Crippen LogP contribution < -0.4 is 14.2 Å². The second-order valence-electron chi connectivity index (χ2n) is 6.30. The van der Waals surface area contributed by atoms with Crippen LogP contribution in [0.4, 0.5) is 4.79 Å². The lowest BCUT2D eigenvalue weighted by atomic mass is 10.1. The third-order valence-corrected chi connectivity index (χ3v) is 4.47. The van der Waals surface area contributed by atoms with E-state index in [0.29, 0.717) is 49.1 Å². The lowest BCUT2D eigenvalue weighted by Crippen LogP contribution is -2.42. The summed E-state index contributed by atoms with van der Waals surface area (Å²) in [6.45, 7) is 2.03. The van der Waals surface area contributed by atoms with Gasteiger partial charge in [-0.1, -0.05) is 0 Å². The minimum atomic E-state index is -0.418. The molecule has 0 unspecified atom stereocenters. The predicted octanol–water partition coefficient (Wildman–Crippen LogP) is 3.43. The van der Waals surface area contributed by atoms with Crippen molar-refractivity contribution in [3.63, 3.8) is 0 Å². The van der Waals surface area contributed by atoms with Crippen LogP contribution in [-0.4, -0.2) is 57.3 Å². The fraction of sp³-hybridized carbons (Fsp3) is 0.273. The zero-order chi connectivity index (χ0) is 20.6. The van der Waals surface area contributed by atoms with Gasteiger partial charge in [-0.3, -0.25) is 4.79 Å². The Labute approximate surface area is 169 Å². The molecule has 0 radical (unpaired) electrons. The molecule has 0 saturated carbocycles. The summed E-state index contributed by atoms with van der Waals surface area (Å²) in [4.78, 5) is 26.1. The first-order valence-electron chi connectivity index (χ1n) is 9.19. The van der Waals surface area contributed by atoms with Crippen molar-refractivity contribution in [1.29, 1.82) is 0 Å². The standard InChI is InChI=1S/C22H23NO6/c1-26-19-9-5-17(21(15-19)27-2)6-10-20(24)16-3-7-18(8-4-16)29-22(25)23-11-13-28-14-12-23/h3-10,15H,11-14H2,1-2H3/b10-6+. The molecule has 0 aromatic heterocycles. The van der Waals surface area contributed by atoms with Gasteiger partial charge in [0.1, 0.15) is 17.2 Å². The molecule has 0 spiro atoms. The lowest BCUT2D eigenvalue weighted by molar-refractivity contribution is 0.0416. The third kappa shape index (κ3) is 5.36. The summed E-state index contributed by atoms with van der Waals surface area (Å²) in [6, 6.07) is 11.8.